The molecule has 3 rings (SSSR count). The highest BCUT2D eigenvalue weighted by Gasteiger charge is 2.43. The molecule has 0 radical (unpaired) electrons. The predicted molar refractivity (Wildman–Crippen MR) is 105 cm³/mol. The summed E-state index contributed by atoms with van der Waals surface area (Å²) < 4.78 is 11.6. The maximum absolute atomic E-state index is 12.4. The van der Waals surface area contributed by atoms with E-state index in [1.807, 2.05) is 18.2 Å². The number of carbonyl (C=O) groups is 2. The van der Waals surface area contributed by atoms with Crippen LogP contribution in [0.4, 0.5) is 0 Å². The van der Waals surface area contributed by atoms with Crippen LogP contribution in [0.2, 0.25) is 0 Å². The van der Waals surface area contributed by atoms with Gasteiger partial charge in [-0.15, -0.1) is 0 Å². The lowest BCUT2D eigenvalue weighted by Gasteiger charge is -2.12. The predicted octanol–water partition coefficient (Wildman–Crippen LogP) is 2.74. The van der Waals surface area contributed by atoms with Crippen LogP contribution in [0.5, 0.6) is 11.5 Å². The molecule has 0 aromatic heterocycles. The molecule has 0 spiro atoms. The van der Waals surface area contributed by atoms with E-state index >= 15 is 0 Å². The summed E-state index contributed by atoms with van der Waals surface area (Å²) in [5.41, 5.74) is 7.15. The van der Waals surface area contributed by atoms with Crippen molar-refractivity contribution >= 4 is 27.7 Å². The molecule has 1 aliphatic carbocycles. The first-order chi connectivity index (χ1) is 13.0. The molecule has 2 unspecified atom stereocenters. The molecular formula is C20H21BrN2O4. The Balaban J connectivity index is 1.55. The van der Waals surface area contributed by atoms with Crippen molar-refractivity contribution in [3.8, 4) is 11.5 Å². The van der Waals surface area contributed by atoms with Crippen molar-refractivity contribution < 1.29 is 19.1 Å². The number of rotatable bonds is 8. The Morgan fingerprint density at radius 2 is 2.04 bits per heavy atom. The Morgan fingerprint density at radius 3 is 2.74 bits per heavy atom. The summed E-state index contributed by atoms with van der Waals surface area (Å²) in [5, 5.41) is 2.98. The van der Waals surface area contributed by atoms with Crippen LogP contribution in [0.25, 0.3) is 0 Å². The van der Waals surface area contributed by atoms with Crippen molar-refractivity contribution in [1.82, 2.24) is 5.32 Å². The number of nitrogens with two attached hydrogens (primary N) is 1. The van der Waals surface area contributed by atoms with Crippen LogP contribution in [0.15, 0.2) is 46.9 Å². The quantitative estimate of drug-likeness (QED) is 0.670. The van der Waals surface area contributed by atoms with Crippen LogP contribution < -0.4 is 20.5 Å². The topological polar surface area (TPSA) is 90.7 Å². The van der Waals surface area contributed by atoms with Gasteiger partial charge in [0.1, 0.15) is 0 Å². The van der Waals surface area contributed by atoms with Gasteiger partial charge in [-0.3, -0.25) is 9.59 Å². The zero-order valence-electron chi connectivity index (χ0n) is 14.9. The SMILES string of the molecule is COc1cc(CNC(=O)C2CC2c2cccc(Br)c2)ccc1OCC(N)=O. The molecule has 6 nitrogen and oxygen atoms in total. The summed E-state index contributed by atoms with van der Waals surface area (Å²) in [7, 11) is 1.52. The summed E-state index contributed by atoms with van der Waals surface area (Å²) in [6.07, 6.45) is 0.867. The molecule has 2 aromatic carbocycles. The molecule has 2 aromatic rings. The Bertz CT molecular complexity index is 856. The lowest BCUT2D eigenvalue weighted by Crippen LogP contribution is -2.25. The largest absolute Gasteiger partial charge is 0.493 e. The van der Waals surface area contributed by atoms with Crippen molar-refractivity contribution in [2.24, 2.45) is 11.7 Å². The number of primary amides is 1. The van der Waals surface area contributed by atoms with Crippen LogP contribution in [0.3, 0.4) is 0 Å². The third kappa shape index (κ3) is 5.01. The van der Waals surface area contributed by atoms with Crippen molar-refractivity contribution in [2.75, 3.05) is 13.7 Å². The van der Waals surface area contributed by atoms with Gasteiger partial charge in [0.2, 0.25) is 5.91 Å². The summed E-state index contributed by atoms with van der Waals surface area (Å²) in [6.45, 7) is 0.179. The van der Waals surface area contributed by atoms with Gasteiger partial charge in [-0.25, -0.2) is 0 Å². The zero-order valence-corrected chi connectivity index (χ0v) is 16.5. The van der Waals surface area contributed by atoms with E-state index in [-0.39, 0.29) is 24.3 Å². The fraction of sp³-hybridized carbons (Fsp3) is 0.300. The molecular weight excluding hydrogens is 412 g/mol. The summed E-state index contributed by atoms with van der Waals surface area (Å²) in [6, 6.07) is 13.4. The lowest BCUT2D eigenvalue weighted by atomic mass is 10.1. The highest BCUT2D eigenvalue weighted by molar-refractivity contribution is 9.10. The third-order valence-electron chi connectivity index (χ3n) is 4.47. The Morgan fingerprint density at radius 1 is 1.22 bits per heavy atom. The van der Waals surface area contributed by atoms with Gasteiger partial charge in [-0.1, -0.05) is 34.1 Å². The van der Waals surface area contributed by atoms with Crippen molar-refractivity contribution in [1.29, 1.82) is 0 Å². The second-order valence-electron chi connectivity index (χ2n) is 6.46. The molecule has 27 heavy (non-hydrogen) atoms. The molecule has 1 saturated carbocycles. The molecule has 0 heterocycles. The standard InChI is InChI=1S/C20H21BrN2O4/c1-26-18-7-12(5-6-17(18)27-11-19(22)24)10-23-20(25)16-9-15(16)13-3-2-4-14(21)8-13/h2-8,15-16H,9-11H2,1H3,(H2,22,24)(H,23,25). The first-order valence-electron chi connectivity index (χ1n) is 8.59. The molecule has 0 saturated heterocycles. The van der Waals surface area contributed by atoms with E-state index < -0.39 is 5.91 Å². The van der Waals surface area contributed by atoms with Gasteiger partial charge in [-0.2, -0.15) is 0 Å². The van der Waals surface area contributed by atoms with Gasteiger partial charge in [0.25, 0.3) is 5.91 Å². The van der Waals surface area contributed by atoms with E-state index in [0.717, 1.165) is 16.5 Å². The van der Waals surface area contributed by atoms with Gasteiger partial charge in [-0.05, 0) is 47.7 Å². The van der Waals surface area contributed by atoms with E-state index in [2.05, 4.69) is 33.4 Å². The Hall–Kier alpha value is -2.54. The van der Waals surface area contributed by atoms with Gasteiger partial charge >= 0.3 is 0 Å². The normalized spacial score (nSPS) is 17.9. The van der Waals surface area contributed by atoms with E-state index in [4.69, 9.17) is 15.2 Å². The van der Waals surface area contributed by atoms with Crippen LogP contribution in [0.1, 0.15) is 23.5 Å². The molecule has 2 amide bonds. The molecule has 2 atom stereocenters. The summed E-state index contributed by atoms with van der Waals surface area (Å²) in [5.74, 6) is 0.705. The number of amides is 2. The lowest BCUT2D eigenvalue weighted by molar-refractivity contribution is -0.122. The van der Waals surface area contributed by atoms with Gasteiger partial charge < -0.3 is 20.5 Å². The van der Waals surface area contributed by atoms with Gasteiger partial charge in [0.05, 0.1) is 7.11 Å². The third-order valence-corrected chi connectivity index (χ3v) is 4.96. The number of hydrogen-bond acceptors (Lipinski definition) is 4. The number of hydrogen-bond donors (Lipinski definition) is 2. The first-order valence-corrected chi connectivity index (χ1v) is 9.38. The van der Waals surface area contributed by atoms with Crippen molar-refractivity contribution in [3.63, 3.8) is 0 Å². The smallest absolute Gasteiger partial charge is 0.255 e. The molecule has 1 aliphatic rings. The number of halogens is 1. The van der Waals surface area contributed by atoms with E-state index in [0.29, 0.717) is 18.0 Å². The summed E-state index contributed by atoms with van der Waals surface area (Å²) in [4.78, 5) is 23.3. The highest BCUT2D eigenvalue weighted by atomic mass is 79.9. The van der Waals surface area contributed by atoms with Crippen LogP contribution >= 0.6 is 15.9 Å². The Kier molecular flexibility index (Phi) is 6.01. The molecule has 0 bridgehead atoms. The van der Waals surface area contributed by atoms with E-state index in [1.165, 1.54) is 12.7 Å². The average Bonchev–Trinajstić information content (AvgIpc) is 3.45. The fourth-order valence-corrected chi connectivity index (χ4v) is 3.42. The number of carbonyl (C=O) groups excluding carboxylic acids is 2. The summed E-state index contributed by atoms with van der Waals surface area (Å²) >= 11 is 3.47. The molecule has 3 N–H and O–H groups in total. The number of nitrogens with one attached hydrogen (secondary N) is 1. The highest BCUT2D eigenvalue weighted by Crippen LogP contribution is 2.48. The minimum atomic E-state index is -0.558. The van der Waals surface area contributed by atoms with E-state index in [1.54, 1.807) is 12.1 Å². The second kappa shape index (κ2) is 8.43. The van der Waals surface area contributed by atoms with Crippen LogP contribution in [-0.2, 0) is 16.1 Å². The Labute approximate surface area is 166 Å². The van der Waals surface area contributed by atoms with Crippen LogP contribution in [-0.4, -0.2) is 25.5 Å². The van der Waals surface area contributed by atoms with Crippen molar-refractivity contribution in [2.45, 2.75) is 18.9 Å². The molecule has 7 heteroatoms. The number of ether oxygens (including phenoxy) is 2. The maximum Gasteiger partial charge on any atom is 0.255 e. The second-order valence-corrected chi connectivity index (χ2v) is 7.38. The number of benzene rings is 2. The number of methoxy groups -OCH3 is 1. The minimum absolute atomic E-state index is 0.0133. The van der Waals surface area contributed by atoms with Gasteiger partial charge in [0, 0.05) is 16.9 Å². The first kappa shape index (κ1) is 19.2. The fourth-order valence-electron chi connectivity index (χ4n) is 3.00. The van der Waals surface area contributed by atoms with Crippen LogP contribution in [0, 0.1) is 5.92 Å². The minimum Gasteiger partial charge on any atom is -0.493 e. The molecule has 1 fully saturated rings. The van der Waals surface area contributed by atoms with Crippen molar-refractivity contribution in [3.05, 3.63) is 58.1 Å². The monoisotopic (exact) mass is 432 g/mol. The van der Waals surface area contributed by atoms with Gasteiger partial charge in [0.15, 0.2) is 18.1 Å². The molecule has 142 valence electrons. The average molecular weight is 433 g/mol. The zero-order chi connectivity index (χ0) is 19.4. The molecule has 0 aliphatic heterocycles. The van der Waals surface area contributed by atoms with E-state index in [9.17, 15) is 9.59 Å². The maximum atomic E-state index is 12.4.